The molecule has 1 atom stereocenters. The molecule has 0 heterocycles. The molecule has 0 aromatic heterocycles. The van der Waals surface area contributed by atoms with E-state index < -0.39 is 10.0 Å². The number of sulfonamides is 1. The molecule has 2 rings (SSSR count). The van der Waals surface area contributed by atoms with E-state index in [1.54, 1.807) is 42.3 Å². The third kappa shape index (κ3) is 5.16. The van der Waals surface area contributed by atoms with Gasteiger partial charge in [0.15, 0.2) is 0 Å². The smallest absolute Gasteiger partial charge is 0.246 e. The Morgan fingerprint density at radius 3 is 2.40 bits per heavy atom. The molecule has 7 heteroatoms. The number of likely N-dealkylation sites (N-methyl/N-ethyl adjacent to an activating group) is 1. The second kappa shape index (κ2) is 7.82. The van der Waals surface area contributed by atoms with E-state index in [9.17, 15) is 13.2 Å². The van der Waals surface area contributed by atoms with Crippen molar-refractivity contribution in [1.29, 1.82) is 0 Å². The fraction of sp³-hybridized carbons (Fsp3) is 0.167. The molecule has 0 aliphatic heterocycles. The van der Waals surface area contributed by atoms with E-state index in [-0.39, 0.29) is 16.8 Å². The van der Waals surface area contributed by atoms with Gasteiger partial charge in [0, 0.05) is 18.1 Å². The predicted molar refractivity (Wildman–Crippen MR) is 99.5 cm³/mol. The van der Waals surface area contributed by atoms with Gasteiger partial charge < -0.3 is 4.90 Å². The largest absolute Gasteiger partial charge is 0.335 e. The molecule has 0 fully saturated rings. The molecular weight excluding hydrogens is 360 g/mol. The second-order valence-electron chi connectivity index (χ2n) is 5.63. The molecule has 5 nitrogen and oxygen atoms in total. The van der Waals surface area contributed by atoms with E-state index >= 15 is 0 Å². The number of carbonyl (C=O) groups is 1. The van der Waals surface area contributed by atoms with Crippen molar-refractivity contribution in [1.82, 2.24) is 4.90 Å². The fourth-order valence-corrected chi connectivity index (χ4v) is 2.96. The lowest BCUT2D eigenvalue weighted by Gasteiger charge is -2.24. The van der Waals surface area contributed by atoms with E-state index in [1.807, 2.05) is 19.1 Å². The molecule has 2 aromatic carbocycles. The maximum atomic E-state index is 12.3. The van der Waals surface area contributed by atoms with Gasteiger partial charge in [-0.25, -0.2) is 13.6 Å². The third-order valence-corrected chi connectivity index (χ3v) is 5.05. The molecule has 1 unspecified atom stereocenters. The van der Waals surface area contributed by atoms with Gasteiger partial charge in [0.05, 0.1) is 10.9 Å². The molecule has 1 amide bonds. The number of halogens is 1. The van der Waals surface area contributed by atoms with E-state index in [1.165, 1.54) is 18.2 Å². The van der Waals surface area contributed by atoms with Gasteiger partial charge in [-0.2, -0.15) is 0 Å². The van der Waals surface area contributed by atoms with Crippen molar-refractivity contribution in [3.8, 4) is 0 Å². The van der Waals surface area contributed by atoms with E-state index in [0.717, 1.165) is 11.1 Å². The van der Waals surface area contributed by atoms with Crippen molar-refractivity contribution >= 4 is 33.6 Å². The molecule has 132 valence electrons. The molecule has 2 N–H and O–H groups in total. The van der Waals surface area contributed by atoms with Gasteiger partial charge in [-0.05, 0) is 48.4 Å². The highest BCUT2D eigenvalue weighted by Gasteiger charge is 2.16. The Kier molecular flexibility index (Phi) is 6.00. The molecule has 0 aliphatic carbocycles. The van der Waals surface area contributed by atoms with Gasteiger partial charge in [-0.1, -0.05) is 35.9 Å². The molecule has 0 saturated carbocycles. The minimum Gasteiger partial charge on any atom is -0.335 e. The van der Waals surface area contributed by atoms with Crippen LogP contribution in [0.5, 0.6) is 0 Å². The number of nitrogens with two attached hydrogens (primary N) is 1. The van der Waals surface area contributed by atoms with Crippen LogP contribution in [0.15, 0.2) is 59.5 Å². The number of benzene rings is 2. The predicted octanol–water partition coefficient (Wildman–Crippen LogP) is 3.22. The minimum atomic E-state index is -3.73. The highest BCUT2D eigenvalue weighted by Crippen LogP contribution is 2.21. The highest BCUT2D eigenvalue weighted by molar-refractivity contribution is 7.89. The van der Waals surface area contributed by atoms with Gasteiger partial charge >= 0.3 is 0 Å². The summed E-state index contributed by atoms with van der Waals surface area (Å²) in [6.07, 6.45) is 3.17. The molecular formula is C18H19ClN2O3S. The second-order valence-corrected chi connectivity index (χ2v) is 7.63. The van der Waals surface area contributed by atoms with Crippen molar-refractivity contribution in [3.63, 3.8) is 0 Å². The first-order valence-electron chi connectivity index (χ1n) is 7.51. The number of primary sulfonamides is 1. The average Bonchev–Trinajstić information content (AvgIpc) is 2.58. The summed E-state index contributed by atoms with van der Waals surface area (Å²) in [5.41, 5.74) is 1.64. The van der Waals surface area contributed by atoms with Crippen molar-refractivity contribution < 1.29 is 13.2 Å². The maximum Gasteiger partial charge on any atom is 0.246 e. The topological polar surface area (TPSA) is 80.5 Å². The van der Waals surface area contributed by atoms with Gasteiger partial charge in [0.1, 0.15) is 0 Å². The Labute approximate surface area is 152 Å². The maximum absolute atomic E-state index is 12.3. The molecule has 0 aliphatic rings. The Morgan fingerprint density at radius 2 is 1.84 bits per heavy atom. The Bertz CT molecular complexity index is 893. The molecule has 25 heavy (non-hydrogen) atoms. The number of nitrogens with zero attached hydrogens (tertiary/aromatic N) is 1. The van der Waals surface area contributed by atoms with Crippen LogP contribution in [-0.2, 0) is 14.8 Å². The van der Waals surface area contributed by atoms with Crippen LogP contribution in [0.2, 0.25) is 5.02 Å². The zero-order chi connectivity index (χ0) is 18.6. The number of hydrogen-bond donors (Lipinski definition) is 1. The van der Waals surface area contributed by atoms with Crippen molar-refractivity contribution in [2.24, 2.45) is 5.14 Å². The zero-order valence-electron chi connectivity index (χ0n) is 13.9. The Morgan fingerprint density at radius 1 is 1.20 bits per heavy atom. The summed E-state index contributed by atoms with van der Waals surface area (Å²) < 4.78 is 22.6. The molecule has 2 aromatic rings. The number of hydrogen-bond acceptors (Lipinski definition) is 3. The molecule has 0 spiro atoms. The van der Waals surface area contributed by atoms with Crippen LogP contribution in [0.1, 0.15) is 24.1 Å². The monoisotopic (exact) mass is 378 g/mol. The molecule has 0 saturated heterocycles. The third-order valence-electron chi connectivity index (χ3n) is 3.89. The standard InChI is InChI=1S/C18H19ClN2O3S/c1-13(15-7-9-17(10-8-15)25(20,23)24)21(2)18(22)11-6-14-4-3-5-16(19)12-14/h3-13H,1-2H3,(H2,20,23,24)/b11-6+. The number of carbonyl (C=O) groups excluding carboxylic acids is 1. The summed E-state index contributed by atoms with van der Waals surface area (Å²) in [5.74, 6) is -0.178. The Balaban J connectivity index is 2.10. The summed E-state index contributed by atoms with van der Waals surface area (Å²) >= 11 is 5.92. The van der Waals surface area contributed by atoms with Crippen LogP contribution in [0.25, 0.3) is 6.08 Å². The first-order valence-corrected chi connectivity index (χ1v) is 9.44. The molecule has 0 radical (unpaired) electrons. The van der Waals surface area contributed by atoms with Crippen LogP contribution in [0.4, 0.5) is 0 Å². The summed E-state index contributed by atoms with van der Waals surface area (Å²) in [5, 5.41) is 5.69. The van der Waals surface area contributed by atoms with Crippen LogP contribution in [0, 0.1) is 0 Å². The van der Waals surface area contributed by atoms with Crippen molar-refractivity contribution in [3.05, 3.63) is 70.8 Å². The summed E-state index contributed by atoms with van der Waals surface area (Å²) in [6, 6.07) is 13.1. The Hall–Kier alpha value is -2.15. The van der Waals surface area contributed by atoms with Crippen LogP contribution in [0.3, 0.4) is 0 Å². The normalized spacial score (nSPS) is 13.0. The van der Waals surface area contributed by atoms with Crippen molar-refractivity contribution in [2.45, 2.75) is 17.9 Å². The lowest BCUT2D eigenvalue weighted by atomic mass is 10.1. The summed E-state index contributed by atoms with van der Waals surface area (Å²) in [4.78, 5) is 13.9. The van der Waals surface area contributed by atoms with E-state index in [0.29, 0.717) is 5.02 Å². The fourth-order valence-electron chi connectivity index (χ4n) is 2.25. The van der Waals surface area contributed by atoms with Gasteiger partial charge in [0.25, 0.3) is 0 Å². The quantitative estimate of drug-likeness (QED) is 0.811. The van der Waals surface area contributed by atoms with Crippen LogP contribution in [-0.4, -0.2) is 26.3 Å². The van der Waals surface area contributed by atoms with E-state index in [2.05, 4.69) is 0 Å². The average molecular weight is 379 g/mol. The van der Waals surface area contributed by atoms with Crippen LogP contribution >= 0.6 is 11.6 Å². The number of amides is 1. The van der Waals surface area contributed by atoms with Crippen LogP contribution < -0.4 is 5.14 Å². The minimum absolute atomic E-state index is 0.0401. The number of rotatable bonds is 5. The van der Waals surface area contributed by atoms with Gasteiger partial charge in [-0.3, -0.25) is 4.79 Å². The lowest BCUT2D eigenvalue weighted by molar-refractivity contribution is -0.126. The van der Waals surface area contributed by atoms with Gasteiger partial charge in [0.2, 0.25) is 15.9 Å². The highest BCUT2D eigenvalue weighted by atomic mass is 35.5. The lowest BCUT2D eigenvalue weighted by Crippen LogP contribution is -2.28. The van der Waals surface area contributed by atoms with E-state index in [4.69, 9.17) is 16.7 Å². The summed E-state index contributed by atoms with van der Waals surface area (Å²) in [6.45, 7) is 1.86. The zero-order valence-corrected chi connectivity index (χ0v) is 15.5. The molecule has 0 bridgehead atoms. The van der Waals surface area contributed by atoms with Gasteiger partial charge in [-0.15, -0.1) is 0 Å². The summed E-state index contributed by atoms with van der Waals surface area (Å²) in [7, 11) is -2.04. The first kappa shape index (κ1) is 19.2. The first-order chi connectivity index (χ1) is 11.7. The SMILES string of the molecule is CC(c1ccc(S(N)(=O)=O)cc1)N(C)C(=O)/C=C/c1cccc(Cl)c1. The van der Waals surface area contributed by atoms with Crippen molar-refractivity contribution in [2.75, 3.05) is 7.05 Å².